The number of nitrogens with one attached hydrogen (secondary N) is 1. The molecular weight excluding hydrogens is 206 g/mol. The van der Waals surface area contributed by atoms with Crippen molar-refractivity contribution in [2.75, 3.05) is 0 Å². The lowest BCUT2D eigenvalue weighted by atomic mass is 9.79. The molecule has 4 aliphatic rings. The lowest BCUT2D eigenvalue weighted by molar-refractivity contribution is 0.218. The maximum absolute atomic E-state index is 4.07. The van der Waals surface area contributed by atoms with Gasteiger partial charge in [-0.3, -0.25) is 0 Å². The fraction of sp³-hybridized carbons (Fsp3) is 1.00. The molecule has 4 rings (SSSR count). The van der Waals surface area contributed by atoms with Gasteiger partial charge in [0.1, 0.15) is 0 Å². The average Bonchev–Trinajstić information content (AvgIpc) is 2.70. The van der Waals surface area contributed by atoms with Crippen LogP contribution < -0.4 is 5.32 Å². The molecule has 0 radical (unpaired) electrons. The minimum Gasteiger partial charge on any atom is -0.310 e. The lowest BCUT2D eigenvalue weighted by Crippen LogP contribution is -2.42. The fourth-order valence-electron chi connectivity index (χ4n) is 5.71. The van der Waals surface area contributed by atoms with Crippen molar-refractivity contribution in [3.8, 4) is 0 Å². The smallest absolute Gasteiger partial charge is 0.0138 e. The highest BCUT2D eigenvalue weighted by atomic mass is 15.1. The molecule has 1 heteroatoms. The van der Waals surface area contributed by atoms with Gasteiger partial charge in [0.2, 0.25) is 0 Å². The van der Waals surface area contributed by atoms with Crippen LogP contribution >= 0.6 is 0 Å². The first-order valence-corrected chi connectivity index (χ1v) is 8.00. The average molecular weight is 233 g/mol. The molecule has 1 nitrogen and oxygen atoms in total. The van der Waals surface area contributed by atoms with Crippen LogP contribution in [0.1, 0.15) is 52.4 Å². The molecular formula is C16H27N. The fourth-order valence-corrected chi connectivity index (χ4v) is 5.71. The highest BCUT2D eigenvalue weighted by Crippen LogP contribution is 2.65. The van der Waals surface area contributed by atoms with E-state index in [1.807, 2.05) is 0 Å². The summed E-state index contributed by atoms with van der Waals surface area (Å²) in [6.07, 6.45) is 9.05. The van der Waals surface area contributed by atoms with Gasteiger partial charge in [0.15, 0.2) is 0 Å². The van der Waals surface area contributed by atoms with Crippen LogP contribution in [0.15, 0.2) is 0 Å². The molecule has 0 amide bonds. The Morgan fingerprint density at radius 3 is 2.18 bits per heavy atom. The predicted molar refractivity (Wildman–Crippen MR) is 70.7 cm³/mol. The van der Waals surface area contributed by atoms with Crippen molar-refractivity contribution >= 4 is 0 Å². The van der Waals surface area contributed by atoms with Gasteiger partial charge in [-0.05, 0) is 74.0 Å². The molecule has 0 aromatic carbocycles. The molecule has 7 atom stereocenters. The summed E-state index contributed by atoms with van der Waals surface area (Å²) < 4.78 is 0. The Balaban J connectivity index is 1.37. The maximum atomic E-state index is 4.07. The summed E-state index contributed by atoms with van der Waals surface area (Å²) in [5.41, 5.74) is 0. The first-order valence-electron chi connectivity index (χ1n) is 8.00. The first kappa shape index (κ1) is 10.8. The van der Waals surface area contributed by atoms with Crippen LogP contribution in [0.25, 0.3) is 0 Å². The summed E-state index contributed by atoms with van der Waals surface area (Å²) in [7, 11) is 0. The summed E-state index contributed by atoms with van der Waals surface area (Å²) in [6, 6.07) is 1.79. The van der Waals surface area contributed by atoms with Gasteiger partial charge in [-0.2, -0.15) is 0 Å². The Morgan fingerprint density at radius 1 is 0.824 bits per heavy atom. The molecule has 96 valence electrons. The van der Waals surface area contributed by atoms with Crippen LogP contribution in [0, 0.1) is 35.5 Å². The van der Waals surface area contributed by atoms with Crippen LogP contribution in [0.4, 0.5) is 0 Å². The molecule has 0 aliphatic heterocycles. The van der Waals surface area contributed by atoms with Crippen molar-refractivity contribution < 1.29 is 0 Å². The Labute approximate surface area is 106 Å². The van der Waals surface area contributed by atoms with Gasteiger partial charge in [0, 0.05) is 12.1 Å². The Bertz CT molecular complexity index is 297. The highest BCUT2D eigenvalue weighted by molar-refractivity contribution is 5.17. The second-order valence-corrected chi connectivity index (χ2v) is 7.68. The van der Waals surface area contributed by atoms with E-state index in [9.17, 15) is 0 Å². The molecule has 4 aliphatic carbocycles. The van der Waals surface area contributed by atoms with Gasteiger partial charge in [-0.1, -0.05) is 13.8 Å². The van der Waals surface area contributed by atoms with E-state index in [-0.39, 0.29) is 0 Å². The number of hydrogen-bond donors (Lipinski definition) is 1. The molecule has 4 fully saturated rings. The normalized spacial score (nSPS) is 60.4. The largest absolute Gasteiger partial charge is 0.310 e. The second-order valence-electron chi connectivity index (χ2n) is 7.68. The zero-order chi connectivity index (χ0) is 11.6. The van der Waals surface area contributed by atoms with Gasteiger partial charge < -0.3 is 5.32 Å². The van der Waals surface area contributed by atoms with Crippen molar-refractivity contribution in [1.82, 2.24) is 5.32 Å². The minimum absolute atomic E-state index is 0.848. The summed E-state index contributed by atoms with van der Waals surface area (Å²) in [4.78, 5) is 0. The van der Waals surface area contributed by atoms with E-state index in [4.69, 9.17) is 0 Å². The molecule has 17 heavy (non-hydrogen) atoms. The Morgan fingerprint density at radius 2 is 1.53 bits per heavy atom. The van der Waals surface area contributed by atoms with Crippen LogP contribution in [0.3, 0.4) is 0 Å². The van der Waals surface area contributed by atoms with Gasteiger partial charge >= 0.3 is 0 Å². The van der Waals surface area contributed by atoms with E-state index in [0.29, 0.717) is 0 Å². The predicted octanol–water partition coefficient (Wildman–Crippen LogP) is 3.45. The van der Waals surface area contributed by atoms with Crippen molar-refractivity contribution in [2.45, 2.75) is 64.5 Å². The van der Waals surface area contributed by atoms with Crippen LogP contribution in [0.5, 0.6) is 0 Å². The lowest BCUT2D eigenvalue weighted by Gasteiger charge is -2.34. The molecule has 0 aromatic heterocycles. The molecule has 0 aromatic rings. The van der Waals surface area contributed by atoms with E-state index in [0.717, 1.165) is 47.6 Å². The van der Waals surface area contributed by atoms with Crippen molar-refractivity contribution in [3.63, 3.8) is 0 Å². The van der Waals surface area contributed by atoms with Crippen LogP contribution in [0.2, 0.25) is 0 Å². The van der Waals surface area contributed by atoms with Crippen LogP contribution in [-0.4, -0.2) is 12.1 Å². The molecule has 1 N–H and O–H groups in total. The van der Waals surface area contributed by atoms with Crippen molar-refractivity contribution in [1.29, 1.82) is 0 Å². The third kappa shape index (κ3) is 1.61. The minimum atomic E-state index is 0.848. The van der Waals surface area contributed by atoms with Crippen LogP contribution in [-0.2, 0) is 0 Å². The van der Waals surface area contributed by atoms with E-state index < -0.39 is 0 Å². The molecule has 0 spiro atoms. The molecule has 7 unspecified atom stereocenters. The Hall–Kier alpha value is -0.0400. The molecule has 4 saturated carbocycles. The quantitative estimate of drug-likeness (QED) is 0.770. The topological polar surface area (TPSA) is 12.0 Å². The first-order chi connectivity index (χ1) is 8.24. The zero-order valence-corrected chi connectivity index (χ0v) is 11.4. The van der Waals surface area contributed by atoms with Gasteiger partial charge in [-0.25, -0.2) is 0 Å². The number of fused-ring (bicyclic) bond motifs is 5. The molecule has 0 saturated heterocycles. The monoisotopic (exact) mass is 233 g/mol. The second kappa shape index (κ2) is 3.73. The third-order valence-electron chi connectivity index (χ3n) is 6.57. The van der Waals surface area contributed by atoms with E-state index in [1.54, 1.807) is 19.3 Å². The maximum Gasteiger partial charge on any atom is 0.0138 e. The SMILES string of the molecule is CC1CCC(NC2C3C4CCC(C4)C23)C(C)C1. The summed E-state index contributed by atoms with van der Waals surface area (Å²) in [5, 5.41) is 4.07. The van der Waals surface area contributed by atoms with Crippen molar-refractivity contribution in [3.05, 3.63) is 0 Å². The van der Waals surface area contributed by atoms with Gasteiger partial charge in [-0.15, -0.1) is 0 Å². The number of hydrogen-bond acceptors (Lipinski definition) is 1. The van der Waals surface area contributed by atoms with Gasteiger partial charge in [0.05, 0.1) is 0 Å². The summed E-state index contributed by atoms with van der Waals surface area (Å²) in [6.45, 7) is 4.90. The van der Waals surface area contributed by atoms with E-state index in [2.05, 4.69) is 19.2 Å². The van der Waals surface area contributed by atoms with E-state index in [1.165, 1.54) is 19.3 Å². The third-order valence-corrected chi connectivity index (χ3v) is 6.57. The number of rotatable bonds is 2. The van der Waals surface area contributed by atoms with Gasteiger partial charge in [0.25, 0.3) is 0 Å². The summed E-state index contributed by atoms with van der Waals surface area (Å²) >= 11 is 0. The Kier molecular flexibility index (Phi) is 2.38. The highest BCUT2D eigenvalue weighted by Gasteiger charge is 2.65. The molecule has 0 heterocycles. The van der Waals surface area contributed by atoms with Crippen molar-refractivity contribution in [2.24, 2.45) is 35.5 Å². The van der Waals surface area contributed by atoms with E-state index >= 15 is 0 Å². The zero-order valence-electron chi connectivity index (χ0n) is 11.4. The standard InChI is InChI=1S/C16H27N/c1-9-3-6-13(10(2)7-9)17-16-14-11-4-5-12(8-11)15(14)16/h9-17H,3-8H2,1-2H3. The molecule has 2 bridgehead atoms. The summed E-state index contributed by atoms with van der Waals surface area (Å²) in [5.74, 6) is 6.36.